The van der Waals surface area contributed by atoms with E-state index in [0.717, 1.165) is 25.9 Å². The number of likely N-dealkylation sites (tertiary alicyclic amines) is 1. The fourth-order valence-corrected chi connectivity index (χ4v) is 2.38. The number of amides is 1. The Hall–Kier alpha value is -1.66. The smallest absolute Gasteiger partial charge is 0.272 e. The van der Waals surface area contributed by atoms with Crippen LogP contribution in [0, 0.1) is 0 Å². The molecule has 0 unspecified atom stereocenters. The summed E-state index contributed by atoms with van der Waals surface area (Å²) in [4.78, 5) is 20.5. The lowest BCUT2D eigenvalue weighted by Crippen LogP contribution is -2.44. The van der Waals surface area contributed by atoms with E-state index in [0.29, 0.717) is 17.4 Å². The molecule has 0 bridgehead atoms. The Morgan fingerprint density at radius 1 is 1.47 bits per heavy atom. The number of piperidine rings is 1. The predicted molar refractivity (Wildman–Crippen MR) is 74.7 cm³/mol. The summed E-state index contributed by atoms with van der Waals surface area (Å²) in [6, 6.07) is 3.98. The minimum atomic E-state index is -0.0192. The maximum Gasteiger partial charge on any atom is 0.272 e. The van der Waals surface area contributed by atoms with Crippen molar-refractivity contribution in [1.29, 1.82) is 0 Å². The molecular formula is C13H21N5O. The lowest BCUT2D eigenvalue weighted by Gasteiger charge is -2.35. The normalized spacial score (nSPS) is 16.7. The zero-order chi connectivity index (χ0) is 13.8. The van der Waals surface area contributed by atoms with Crippen molar-refractivity contribution in [2.24, 2.45) is 5.84 Å². The average Bonchev–Trinajstić information content (AvgIpc) is 2.46. The van der Waals surface area contributed by atoms with E-state index in [1.54, 1.807) is 18.3 Å². The molecule has 0 saturated carbocycles. The van der Waals surface area contributed by atoms with Gasteiger partial charge in [-0.25, -0.2) is 0 Å². The van der Waals surface area contributed by atoms with Gasteiger partial charge in [-0.3, -0.25) is 15.6 Å². The van der Waals surface area contributed by atoms with Crippen molar-refractivity contribution in [1.82, 2.24) is 14.8 Å². The van der Waals surface area contributed by atoms with Gasteiger partial charge < -0.3 is 15.2 Å². The van der Waals surface area contributed by atoms with Crippen LogP contribution in [0.4, 0.5) is 5.69 Å². The molecule has 104 valence electrons. The molecule has 6 heteroatoms. The second kappa shape index (κ2) is 5.99. The van der Waals surface area contributed by atoms with Crippen LogP contribution in [0.2, 0.25) is 0 Å². The van der Waals surface area contributed by atoms with Gasteiger partial charge >= 0.3 is 0 Å². The van der Waals surface area contributed by atoms with Crippen LogP contribution in [0.5, 0.6) is 0 Å². The zero-order valence-corrected chi connectivity index (χ0v) is 11.5. The molecule has 1 aliphatic heterocycles. The molecule has 1 aromatic heterocycles. The molecular weight excluding hydrogens is 242 g/mol. The van der Waals surface area contributed by atoms with Crippen LogP contribution in [0.1, 0.15) is 23.3 Å². The number of nitrogens with two attached hydrogens (primary N) is 1. The lowest BCUT2D eigenvalue weighted by molar-refractivity contribution is 0.0657. The topological polar surface area (TPSA) is 74.5 Å². The van der Waals surface area contributed by atoms with Crippen molar-refractivity contribution in [2.75, 3.05) is 32.6 Å². The van der Waals surface area contributed by atoms with E-state index in [1.807, 2.05) is 4.90 Å². The number of nitrogens with zero attached hydrogens (tertiary/aromatic N) is 3. The molecule has 1 aliphatic rings. The highest BCUT2D eigenvalue weighted by atomic mass is 16.2. The summed E-state index contributed by atoms with van der Waals surface area (Å²) in [5.74, 6) is 5.32. The number of carbonyl (C=O) groups is 1. The molecule has 2 heterocycles. The third kappa shape index (κ3) is 3.21. The minimum Gasteiger partial charge on any atom is -0.337 e. The maximum absolute atomic E-state index is 12.3. The van der Waals surface area contributed by atoms with Crippen LogP contribution >= 0.6 is 0 Å². The molecule has 6 nitrogen and oxygen atoms in total. The number of rotatable bonds is 3. The van der Waals surface area contributed by atoms with E-state index in [1.165, 1.54) is 0 Å². The number of pyridine rings is 1. The standard InChI is InChI=1S/C13H21N5O/c1-17(2)11-4-7-18(8-5-11)13(19)12-9-10(16-14)3-6-15-12/h3,6,9,11H,4-5,7-8,14H2,1-2H3,(H,15,16). The van der Waals surface area contributed by atoms with E-state index in [9.17, 15) is 4.79 Å². The summed E-state index contributed by atoms with van der Waals surface area (Å²) in [5, 5.41) is 0. The van der Waals surface area contributed by atoms with E-state index in [4.69, 9.17) is 5.84 Å². The van der Waals surface area contributed by atoms with Gasteiger partial charge in [0.2, 0.25) is 0 Å². The molecule has 0 spiro atoms. The number of aromatic nitrogens is 1. The van der Waals surface area contributed by atoms with Gasteiger partial charge in [0.1, 0.15) is 5.69 Å². The van der Waals surface area contributed by atoms with Crippen molar-refractivity contribution in [3.63, 3.8) is 0 Å². The molecule has 19 heavy (non-hydrogen) atoms. The quantitative estimate of drug-likeness (QED) is 0.615. The van der Waals surface area contributed by atoms with Crippen molar-refractivity contribution >= 4 is 11.6 Å². The summed E-state index contributed by atoms with van der Waals surface area (Å²) < 4.78 is 0. The fourth-order valence-electron chi connectivity index (χ4n) is 2.38. The van der Waals surface area contributed by atoms with Crippen molar-refractivity contribution in [2.45, 2.75) is 18.9 Å². The summed E-state index contributed by atoms with van der Waals surface area (Å²) >= 11 is 0. The Labute approximate surface area is 113 Å². The molecule has 0 atom stereocenters. The highest BCUT2D eigenvalue weighted by Crippen LogP contribution is 2.17. The van der Waals surface area contributed by atoms with Crippen LogP contribution in [0.3, 0.4) is 0 Å². The van der Waals surface area contributed by atoms with Gasteiger partial charge in [0.05, 0.1) is 5.69 Å². The number of anilines is 1. The van der Waals surface area contributed by atoms with E-state index < -0.39 is 0 Å². The Bertz CT molecular complexity index is 440. The number of carbonyl (C=O) groups excluding carboxylic acids is 1. The first kappa shape index (κ1) is 13.8. The first-order valence-electron chi connectivity index (χ1n) is 6.50. The monoisotopic (exact) mass is 263 g/mol. The van der Waals surface area contributed by atoms with Gasteiger partial charge in [-0.2, -0.15) is 0 Å². The number of nitrogens with one attached hydrogen (secondary N) is 1. The summed E-state index contributed by atoms with van der Waals surface area (Å²) in [6.07, 6.45) is 3.61. The van der Waals surface area contributed by atoms with Crippen molar-refractivity contribution in [3.05, 3.63) is 24.0 Å². The molecule has 0 radical (unpaired) electrons. The molecule has 0 aromatic carbocycles. The zero-order valence-electron chi connectivity index (χ0n) is 11.5. The molecule has 2 rings (SSSR count). The number of hydrogen-bond acceptors (Lipinski definition) is 5. The van der Waals surface area contributed by atoms with Gasteiger partial charge in [0, 0.05) is 25.3 Å². The summed E-state index contributed by atoms with van der Waals surface area (Å²) in [7, 11) is 4.17. The number of nitrogen functional groups attached to an aromatic ring is 1. The molecule has 0 aliphatic carbocycles. The Kier molecular flexibility index (Phi) is 4.34. The molecule has 3 N–H and O–H groups in total. The summed E-state index contributed by atoms with van der Waals surface area (Å²) in [5.41, 5.74) is 3.67. The second-order valence-electron chi connectivity index (χ2n) is 5.06. The SMILES string of the molecule is CN(C)C1CCN(C(=O)c2cc(NN)ccn2)CC1. The fraction of sp³-hybridized carbons (Fsp3) is 0.538. The van der Waals surface area contributed by atoms with E-state index >= 15 is 0 Å². The van der Waals surface area contributed by atoms with Gasteiger partial charge in [0.25, 0.3) is 5.91 Å². The van der Waals surface area contributed by atoms with Crippen LogP contribution < -0.4 is 11.3 Å². The molecule has 1 saturated heterocycles. The highest BCUT2D eigenvalue weighted by Gasteiger charge is 2.25. The van der Waals surface area contributed by atoms with Gasteiger partial charge in [-0.15, -0.1) is 0 Å². The van der Waals surface area contributed by atoms with Crippen LogP contribution in [-0.4, -0.2) is 53.9 Å². The first-order valence-corrected chi connectivity index (χ1v) is 6.50. The lowest BCUT2D eigenvalue weighted by atomic mass is 10.0. The minimum absolute atomic E-state index is 0.0192. The van der Waals surface area contributed by atoms with Crippen LogP contribution in [0.25, 0.3) is 0 Å². The number of hydrazine groups is 1. The van der Waals surface area contributed by atoms with Crippen LogP contribution in [-0.2, 0) is 0 Å². The van der Waals surface area contributed by atoms with Gasteiger partial charge in [-0.05, 0) is 39.1 Å². The molecule has 1 aromatic rings. The Balaban J connectivity index is 2.01. The third-order valence-corrected chi connectivity index (χ3v) is 3.63. The maximum atomic E-state index is 12.3. The first-order chi connectivity index (χ1) is 9.11. The largest absolute Gasteiger partial charge is 0.337 e. The van der Waals surface area contributed by atoms with E-state index in [2.05, 4.69) is 29.4 Å². The predicted octanol–water partition coefficient (Wildman–Crippen LogP) is 0.533. The highest BCUT2D eigenvalue weighted by molar-refractivity contribution is 5.93. The van der Waals surface area contributed by atoms with Crippen LogP contribution in [0.15, 0.2) is 18.3 Å². The average molecular weight is 263 g/mol. The number of hydrogen-bond donors (Lipinski definition) is 2. The second-order valence-corrected chi connectivity index (χ2v) is 5.06. The summed E-state index contributed by atoms with van der Waals surface area (Å²) in [6.45, 7) is 1.56. The third-order valence-electron chi connectivity index (χ3n) is 3.63. The molecule has 1 fully saturated rings. The van der Waals surface area contributed by atoms with E-state index in [-0.39, 0.29) is 5.91 Å². The van der Waals surface area contributed by atoms with Crippen molar-refractivity contribution in [3.8, 4) is 0 Å². The molecule has 1 amide bonds. The van der Waals surface area contributed by atoms with Gasteiger partial charge in [0.15, 0.2) is 0 Å². The Morgan fingerprint density at radius 3 is 2.74 bits per heavy atom. The van der Waals surface area contributed by atoms with Gasteiger partial charge in [-0.1, -0.05) is 0 Å². The van der Waals surface area contributed by atoms with Crippen molar-refractivity contribution < 1.29 is 4.79 Å². The Morgan fingerprint density at radius 2 is 2.16 bits per heavy atom.